The standard InChI is InChI=1S/C22H22F5N3O4/c1-29(11-5-7-34-8-6-11)12-3-4-15-13(9-12)19(21(32)33-2)28-30(15)16-10-14(22(25,26)27)17(23)20(31)18(16)24/h3-4,9-11,21,31-32H,5-8H2,1-2H3. The minimum absolute atomic E-state index is 0.0866. The molecule has 1 fully saturated rings. The monoisotopic (exact) mass is 487 g/mol. The van der Waals surface area contributed by atoms with Gasteiger partial charge in [-0.3, -0.25) is 0 Å². The molecule has 1 aliphatic heterocycles. The van der Waals surface area contributed by atoms with Crippen molar-refractivity contribution in [1.82, 2.24) is 9.78 Å². The van der Waals surface area contributed by atoms with Crippen molar-refractivity contribution in [3.8, 4) is 11.4 Å². The number of hydrogen-bond acceptors (Lipinski definition) is 6. The van der Waals surface area contributed by atoms with Crippen LogP contribution in [-0.4, -0.2) is 53.4 Å². The van der Waals surface area contributed by atoms with E-state index in [-0.39, 0.29) is 28.7 Å². The number of methoxy groups -OCH3 is 1. The van der Waals surface area contributed by atoms with Crippen LogP contribution in [0.1, 0.15) is 30.4 Å². The highest BCUT2D eigenvalue weighted by Gasteiger charge is 2.38. The van der Waals surface area contributed by atoms with Gasteiger partial charge in [-0.2, -0.15) is 18.3 Å². The predicted molar refractivity (Wildman–Crippen MR) is 112 cm³/mol. The minimum atomic E-state index is -5.19. The Bertz CT molecular complexity index is 1210. The van der Waals surface area contributed by atoms with E-state index in [1.54, 1.807) is 12.1 Å². The van der Waals surface area contributed by atoms with Crippen molar-refractivity contribution in [2.75, 3.05) is 32.3 Å². The lowest BCUT2D eigenvalue weighted by atomic mass is 10.1. The molecule has 0 bridgehead atoms. The normalized spacial score (nSPS) is 16.2. The number of nitrogens with zero attached hydrogens (tertiary/aromatic N) is 3. The van der Waals surface area contributed by atoms with Crippen molar-refractivity contribution < 1.29 is 41.6 Å². The van der Waals surface area contributed by atoms with Gasteiger partial charge in [0.15, 0.2) is 17.4 Å². The number of anilines is 1. The van der Waals surface area contributed by atoms with E-state index in [9.17, 15) is 32.2 Å². The maximum atomic E-state index is 14.8. The Kier molecular flexibility index (Phi) is 6.40. The van der Waals surface area contributed by atoms with Crippen molar-refractivity contribution in [3.63, 3.8) is 0 Å². The van der Waals surface area contributed by atoms with Crippen molar-refractivity contribution in [3.05, 3.63) is 47.2 Å². The lowest BCUT2D eigenvalue weighted by molar-refractivity contribution is -0.140. The van der Waals surface area contributed by atoms with Gasteiger partial charge in [0.2, 0.25) is 6.29 Å². The van der Waals surface area contributed by atoms with Crippen LogP contribution in [0.15, 0.2) is 24.3 Å². The zero-order valence-electron chi connectivity index (χ0n) is 18.2. The highest BCUT2D eigenvalue weighted by Crippen LogP contribution is 2.40. The summed E-state index contributed by atoms with van der Waals surface area (Å²) in [4.78, 5) is 2.01. The molecule has 0 radical (unpaired) electrons. The van der Waals surface area contributed by atoms with Gasteiger partial charge in [0.25, 0.3) is 0 Å². The molecule has 0 spiro atoms. The largest absolute Gasteiger partial charge is 0.503 e. The summed E-state index contributed by atoms with van der Waals surface area (Å²) in [5.41, 5.74) is -1.93. The molecule has 3 aromatic rings. The molecule has 12 heteroatoms. The molecule has 184 valence electrons. The summed E-state index contributed by atoms with van der Waals surface area (Å²) in [6.45, 7) is 1.22. The second kappa shape index (κ2) is 9.01. The number of aromatic hydroxyl groups is 1. The van der Waals surface area contributed by atoms with Gasteiger partial charge in [0.1, 0.15) is 11.4 Å². The van der Waals surface area contributed by atoms with Crippen LogP contribution in [0.5, 0.6) is 5.75 Å². The molecule has 2 aromatic carbocycles. The van der Waals surface area contributed by atoms with Crippen LogP contribution < -0.4 is 4.90 Å². The third-order valence-corrected chi connectivity index (χ3v) is 5.99. The van der Waals surface area contributed by atoms with Gasteiger partial charge in [0, 0.05) is 44.5 Å². The first-order chi connectivity index (χ1) is 16.0. The Labute approximate surface area is 190 Å². The lowest BCUT2D eigenvalue weighted by Gasteiger charge is -2.33. The zero-order valence-corrected chi connectivity index (χ0v) is 18.2. The van der Waals surface area contributed by atoms with Crippen molar-refractivity contribution in [1.29, 1.82) is 0 Å². The number of phenolic OH excluding ortho intramolecular Hbond substituents is 1. The number of aromatic nitrogens is 2. The fourth-order valence-corrected chi connectivity index (χ4v) is 4.08. The molecular weight excluding hydrogens is 465 g/mol. The van der Waals surface area contributed by atoms with Gasteiger partial charge in [-0.05, 0) is 37.1 Å². The molecule has 0 aliphatic carbocycles. The summed E-state index contributed by atoms with van der Waals surface area (Å²) in [7, 11) is 3.07. The molecule has 2 N–H and O–H groups in total. The molecule has 2 heterocycles. The van der Waals surface area contributed by atoms with E-state index in [1.165, 1.54) is 13.2 Å². The Morgan fingerprint density at radius 1 is 1.18 bits per heavy atom. The average Bonchev–Trinajstić information content (AvgIpc) is 3.20. The molecular formula is C22H22F5N3O4. The van der Waals surface area contributed by atoms with Crippen LogP contribution in [-0.2, 0) is 15.7 Å². The van der Waals surface area contributed by atoms with Gasteiger partial charge in [0.05, 0.1) is 11.1 Å². The van der Waals surface area contributed by atoms with E-state index in [1.807, 2.05) is 11.9 Å². The molecule has 1 unspecified atom stereocenters. The van der Waals surface area contributed by atoms with Crippen LogP contribution in [0.25, 0.3) is 16.6 Å². The summed E-state index contributed by atoms with van der Waals surface area (Å²) >= 11 is 0. The maximum Gasteiger partial charge on any atom is 0.419 e. The summed E-state index contributed by atoms with van der Waals surface area (Å²) in [6.07, 6.45) is -5.18. The average molecular weight is 487 g/mol. The minimum Gasteiger partial charge on any atom is -0.503 e. The van der Waals surface area contributed by atoms with E-state index < -0.39 is 41.1 Å². The van der Waals surface area contributed by atoms with Gasteiger partial charge in [-0.25, -0.2) is 13.5 Å². The first-order valence-corrected chi connectivity index (χ1v) is 10.4. The molecule has 1 aromatic heterocycles. The molecule has 7 nitrogen and oxygen atoms in total. The number of fused-ring (bicyclic) bond motifs is 1. The quantitative estimate of drug-likeness (QED) is 0.413. The van der Waals surface area contributed by atoms with E-state index >= 15 is 0 Å². The number of aliphatic hydroxyl groups excluding tert-OH is 1. The van der Waals surface area contributed by atoms with Crippen molar-refractivity contribution >= 4 is 16.6 Å². The van der Waals surface area contributed by atoms with E-state index in [0.29, 0.717) is 13.2 Å². The number of benzene rings is 2. The number of phenols is 1. The molecule has 1 atom stereocenters. The fourth-order valence-electron chi connectivity index (χ4n) is 4.08. The number of halogens is 5. The second-order valence-electron chi connectivity index (χ2n) is 7.96. The number of aliphatic hydroxyl groups is 1. The molecule has 1 aliphatic rings. The molecule has 0 saturated carbocycles. The van der Waals surface area contributed by atoms with Crippen molar-refractivity contribution in [2.24, 2.45) is 0 Å². The van der Waals surface area contributed by atoms with Gasteiger partial charge < -0.3 is 24.6 Å². The third-order valence-electron chi connectivity index (χ3n) is 5.99. The van der Waals surface area contributed by atoms with Gasteiger partial charge >= 0.3 is 6.18 Å². The lowest BCUT2D eigenvalue weighted by Crippen LogP contribution is -2.36. The molecule has 0 amide bonds. The van der Waals surface area contributed by atoms with E-state index in [4.69, 9.17) is 9.47 Å². The van der Waals surface area contributed by atoms with Crippen LogP contribution in [0.2, 0.25) is 0 Å². The summed E-state index contributed by atoms with van der Waals surface area (Å²) in [5.74, 6) is -5.53. The predicted octanol–water partition coefficient (Wildman–Crippen LogP) is 4.28. The Balaban J connectivity index is 1.90. The zero-order chi connectivity index (χ0) is 24.8. The highest BCUT2D eigenvalue weighted by atomic mass is 19.4. The summed E-state index contributed by atoms with van der Waals surface area (Å²) in [5, 5.41) is 24.4. The SMILES string of the molecule is COC(O)c1nn(-c2cc(C(F)(F)F)c(F)c(O)c2F)c2ccc(N(C)C3CCOCC3)cc12. The van der Waals surface area contributed by atoms with Gasteiger partial charge in [-0.1, -0.05) is 0 Å². The molecule has 1 saturated heterocycles. The Morgan fingerprint density at radius 2 is 1.85 bits per heavy atom. The summed E-state index contributed by atoms with van der Waals surface area (Å²) < 4.78 is 79.7. The topological polar surface area (TPSA) is 80.0 Å². The third kappa shape index (κ3) is 4.17. The van der Waals surface area contributed by atoms with Crippen molar-refractivity contribution in [2.45, 2.75) is 31.3 Å². The molecule has 4 rings (SSSR count). The van der Waals surface area contributed by atoms with E-state index in [0.717, 1.165) is 23.2 Å². The first kappa shape index (κ1) is 24.2. The van der Waals surface area contributed by atoms with Crippen LogP contribution in [0.3, 0.4) is 0 Å². The van der Waals surface area contributed by atoms with Crippen LogP contribution in [0, 0.1) is 11.6 Å². The fraction of sp³-hybridized carbons (Fsp3) is 0.409. The van der Waals surface area contributed by atoms with Crippen LogP contribution in [0.4, 0.5) is 27.6 Å². The smallest absolute Gasteiger partial charge is 0.419 e. The van der Waals surface area contributed by atoms with Crippen LogP contribution >= 0.6 is 0 Å². The first-order valence-electron chi connectivity index (χ1n) is 10.4. The number of hydrogen-bond donors (Lipinski definition) is 2. The Morgan fingerprint density at radius 3 is 2.47 bits per heavy atom. The maximum absolute atomic E-state index is 14.8. The van der Waals surface area contributed by atoms with Gasteiger partial charge in [-0.15, -0.1) is 0 Å². The molecule has 34 heavy (non-hydrogen) atoms. The number of rotatable bonds is 5. The van der Waals surface area contributed by atoms with E-state index in [2.05, 4.69) is 5.10 Å². The number of alkyl halides is 3. The second-order valence-corrected chi connectivity index (χ2v) is 7.96. The number of ether oxygens (including phenoxy) is 2. The Hall–Kier alpha value is -2.96. The summed E-state index contributed by atoms with van der Waals surface area (Å²) in [6, 6.07) is 5.22. The highest BCUT2D eigenvalue weighted by molar-refractivity contribution is 5.87.